The predicted molar refractivity (Wildman–Crippen MR) is 84.9 cm³/mol. The molecule has 0 radical (unpaired) electrons. The summed E-state index contributed by atoms with van der Waals surface area (Å²) in [5.41, 5.74) is 7.13. The molecule has 4 N–H and O–H groups in total. The first-order chi connectivity index (χ1) is 9.88. The first-order valence-electron chi connectivity index (χ1n) is 7.34. The lowest BCUT2D eigenvalue weighted by molar-refractivity contribution is -0.122. The average Bonchev–Trinajstić information content (AvgIpc) is 2.38. The molecule has 118 valence electrons. The van der Waals surface area contributed by atoms with E-state index < -0.39 is 6.10 Å². The van der Waals surface area contributed by atoms with Crippen LogP contribution in [0.15, 0.2) is 30.3 Å². The minimum Gasteiger partial charge on any atom is -0.390 e. The van der Waals surface area contributed by atoms with Crippen molar-refractivity contribution in [2.45, 2.75) is 38.5 Å². The van der Waals surface area contributed by atoms with Gasteiger partial charge in [-0.3, -0.25) is 9.69 Å². The van der Waals surface area contributed by atoms with Gasteiger partial charge in [0.2, 0.25) is 5.91 Å². The van der Waals surface area contributed by atoms with Crippen LogP contribution in [0.1, 0.15) is 19.4 Å². The van der Waals surface area contributed by atoms with Crippen molar-refractivity contribution in [2.24, 2.45) is 5.73 Å². The Bertz CT molecular complexity index is 423. The second kappa shape index (κ2) is 8.77. The Kier molecular flexibility index (Phi) is 7.36. The van der Waals surface area contributed by atoms with Crippen LogP contribution in [0, 0.1) is 0 Å². The molecule has 0 saturated carbocycles. The van der Waals surface area contributed by atoms with E-state index in [0.717, 1.165) is 5.56 Å². The molecule has 1 aromatic carbocycles. The zero-order valence-corrected chi connectivity index (χ0v) is 13.1. The Balaban J connectivity index is 2.37. The van der Waals surface area contributed by atoms with Gasteiger partial charge in [-0.2, -0.15) is 0 Å². The van der Waals surface area contributed by atoms with Crippen LogP contribution < -0.4 is 11.1 Å². The Morgan fingerprint density at radius 2 is 1.95 bits per heavy atom. The third-order valence-corrected chi connectivity index (χ3v) is 3.17. The summed E-state index contributed by atoms with van der Waals surface area (Å²) in [5, 5.41) is 13.0. The summed E-state index contributed by atoms with van der Waals surface area (Å²) in [6.07, 6.45) is -0.0457. The van der Waals surface area contributed by atoms with Crippen molar-refractivity contribution in [3.63, 3.8) is 0 Å². The maximum Gasteiger partial charge on any atom is 0.234 e. The largest absolute Gasteiger partial charge is 0.390 e. The fraction of sp³-hybridized carbons (Fsp3) is 0.562. The highest BCUT2D eigenvalue weighted by molar-refractivity contribution is 5.78. The Labute approximate surface area is 127 Å². The number of amides is 1. The highest BCUT2D eigenvalue weighted by atomic mass is 16.3. The van der Waals surface area contributed by atoms with Crippen molar-refractivity contribution in [2.75, 3.05) is 20.1 Å². The Morgan fingerprint density at radius 3 is 2.52 bits per heavy atom. The van der Waals surface area contributed by atoms with E-state index in [1.54, 1.807) is 11.9 Å². The standard InChI is InChI=1S/C16H27N3O2/c1-12(2)18-16(21)11-19(3)10-15(20)14(17)9-13-7-5-4-6-8-13/h4-8,12,14-15,20H,9-11,17H2,1-3H3,(H,18,21). The molecule has 0 aromatic heterocycles. The number of carbonyl (C=O) groups is 1. The summed E-state index contributed by atoms with van der Waals surface area (Å²) < 4.78 is 0. The summed E-state index contributed by atoms with van der Waals surface area (Å²) in [4.78, 5) is 13.4. The van der Waals surface area contributed by atoms with Crippen LogP contribution in [0.4, 0.5) is 0 Å². The number of hydrogen-bond acceptors (Lipinski definition) is 4. The van der Waals surface area contributed by atoms with E-state index >= 15 is 0 Å². The molecular formula is C16H27N3O2. The molecule has 0 aliphatic rings. The number of likely N-dealkylation sites (N-methyl/N-ethyl adjacent to an activating group) is 1. The maximum absolute atomic E-state index is 11.6. The molecule has 0 aliphatic heterocycles. The monoisotopic (exact) mass is 293 g/mol. The van der Waals surface area contributed by atoms with E-state index in [1.807, 2.05) is 44.2 Å². The fourth-order valence-electron chi connectivity index (χ4n) is 2.15. The lowest BCUT2D eigenvalue weighted by atomic mass is 10.0. The van der Waals surface area contributed by atoms with E-state index in [0.29, 0.717) is 13.0 Å². The zero-order valence-electron chi connectivity index (χ0n) is 13.1. The summed E-state index contributed by atoms with van der Waals surface area (Å²) >= 11 is 0. The molecule has 1 amide bonds. The number of benzene rings is 1. The zero-order chi connectivity index (χ0) is 15.8. The highest BCUT2D eigenvalue weighted by Gasteiger charge is 2.18. The number of hydrogen-bond donors (Lipinski definition) is 3. The minimum absolute atomic E-state index is 0.0451. The molecule has 0 spiro atoms. The van der Waals surface area contributed by atoms with Crippen molar-refractivity contribution in [3.05, 3.63) is 35.9 Å². The summed E-state index contributed by atoms with van der Waals surface area (Å²) in [7, 11) is 1.80. The van der Waals surface area contributed by atoms with Crippen LogP contribution in [0.5, 0.6) is 0 Å². The molecule has 1 rings (SSSR count). The van der Waals surface area contributed by atoms with E-state index in [4.69, 9.17) is 5.73 Å². The first-order valence-corrected chi connectivity index (χ1v) is 7.34. The molecular weight excluding hydrogens is 266 g/mol. The van der Waals surface area contributed by atoms with E-state index in [9.17, 15) is 9.90 Å². The maximum atomic E-state index is 11.6. The molecule has 2 unspecified atom stereocenters. The quantitative estimate of drug-likeness (QED) is 0.647. The van der Waals surface area contributed by atoms with E-state index in [1.165, 1.54) is 0 Å². The van der Waals surface area contributed by atoms with Crippen LogP contribution in [0.3, 0.4) is 0 Å². The number of rotatable bonds is 8. The van der Waals surface area contributed by atoms with Crippen LogP contribution in [0.2, 0.25) is 0 Å². The average molecular weight is 293 g/mol. The second-order valence-corrected chi connectivity index (χ2v) is 5.84. The van der Waals surface area contributed by atoms with Crippen molar-refractivity contribution >= 4 is 5.91 Å². The highest BCUT2D eigenvalue weighted by Crippen LogP contribution is 2.05. The van der Waals surface area contributed by atoms with Gasteiger partial charge in [-0.25, -0.2) is 0 Å². The van der Waals surface area contributed by atoms with Gasteiger partial charge in [0.15, 0.2) is 0 Å². The number of carbonyl (C=O) groups excluding carboxylic acids is 1. The number of aliphatic hydroxyl groups is 1. The van der Waals surface area contributed by atoms with Gasteiger partial charge in [-0.15, -0.1) is 0 Å². The molecule has 0 bridgehead atoms. The van der Waals surface area contributed by atoms with Crippen molar-refractivity contribution in [3.8, 4) is 0 Å². The van der Waals surface area contributed by atoms with Crippen LogP contribution in [-0.4, -0.2) is 54.2 Å². The molecule has 1 aromatic rings. The van der Waals surface area contributed by atoms with Crippen molar-refractivity contribution < 1.29 is 9.90 Å². The molecule has 5 nitrogen and oxygen atoms in total. The van der Waals surface area contributed by atoms with Crippen LogP contribution in [-0.2, 0) is 11.2 Å². The van der Waals surface area contributed by atoms with E-state index in [-0.39, 0.29) is 24.5 Å². The van der Waals surface area contributed by atoms with Crippen molar-refractivity contribution in [1.82, 2.24) is 10.2 Å². The van der Waals surface area contributed by atoms with Gasteiger partial charge >= 0.3 is 0 Å². The molecule has 0 fully saturated rings. The lowest BCUT2D eigenvalue weighted by Crippen LogP contribution is -2.46. The van der Waals surface area contributed by atoms with Gasteiger partial charge in [0.1, 0.15) is 0 Å². The lowest BCUT2D eigenvalue weighted by Gasteiger charge is -2.24. The first kappa shape index (κ1) is 17.6. The van der Waals surface area contributed by atoms with Gasteiger partial charge < -0.3 is 16.2 Å². The molecule has 21 heavy (non-hydrogen) atoms. The second-order valence-electron chi connectivity index (χ2n) is 5.84. The smallest absolute Gasteiger partial charge is 0.234 e. The summed E-state index contributed by atoms with van der Waals surface area (Å²) in [6, 6.07) is 9.62. The minimum atomic E-state index is -0.665. The topological polar surface area (TPSA) is 78.6 Å². The SMILES string of the molecule is CC(C)NC(=O)CN(C)CC(O)C(N)Cc1ccccc1. The van der Waals surface area contributed by atoms with Gasteiger partial charge in [-0.1, -0.05) is 30.3 Å². The molecule has 2 atom stereocenters. The Morgan fingerprint density at radius 1 is 1.33 bits per heavy atom. The predicted octanol–water partition coefficient (Wildman–Crippen LogP) is 0.374. The van der Waals surface area contributed by atoms with Gasteiger partial charge in [0, 0.05) is 18.6 Å². The number of aliphatic hydroxyl groups excluding tert-OH is 1. The van der Waals surface area contributed by atoms with Gasteiger partial charge in [-0.05, 0) is 32.9 Å². The number of nitrogens with two attached hydrogens (primary N) is 1. The van der Waals surface area contributed by atoms with Crippen LogP contribution in [0.25, 0.3) is 0 Å². The Hall–Kier alpha value is -1.43. The van der Waals surface area contributed by atoms with Gasteiger partial charge in [0.05, 0.1) is 12.6 Å². The fourth-order valence-corrected chi connectivity index (χ4v) is 2.15. The molecule has 0 aliphatic carbocycles. The normalized spacial score (nSPS) is 14.2. The molecule has 0 saturated heterocycles. The van der Waals surface area contributed by atoms with Crippen molar-refractivity contribution in [1.29, 1.82) is 0 Å². The molecule has 5 heteroatoms. The summed E-state index contributed by atoms with van der Waals surface area (Å²) in [6.45, 7) is 4.47. The summed E-state index contributed by atoms with van der Waals surface area (Å²) in [5.74, 6) is -0.0451. The van der Waals surface area contributed by atoms with E-state index in [2.05, 4.69) is 5.32 Å². The molecule has 0 heterocycles. The third-order valence-electron chi connectivity index (χ3n) is 3.17. The van der Waals surface area contributed by atoms with Crippen LogP contribution >= 0.6 is 0 Å². The number of nitrogens with one attached hydrogen (secondary N) is 1. The number of nitrogens with zero attached hydrogens (tertiary/aromatic N) is 1. The van der Waals surface area contributed by atoms with Gasteiger partial charge in [0.25, 0.3) is 0 Å². The third kappa shape index (κ3) is 7.22.